The van der Waals surface area contributed by atoms with Gasteiger partial charge in [0.05, 0.1) is 18.0 Å². The lowest BCUT2D eigenvalue weighted by Crippen LogP contribution is -2.53. The molecule has 4 rings (SSSR count). The van der Waals surface area contributed by atoms with Crippen molar-refractivity contribution in [3.63, 3.8) is 0 Å². The second-order valence-corrected chi connectivity index (χ2v) is 8.17. The number of hydrogen-bond donors (Lipinski definition) is 2. The van der Waals surface area contributed by atoms with Crippen LogP contribution in [0.3, 0.4) is 0 Å². The Bertz CT molecular complexity index is 825. The zero-order valence-corrected chi connectivity index (χ0v) is 16.7. The van der Waals surface area contributed by atoms with E-state index in [9.17, 15) is 9.59 Å². The average molecular weight is 392 g/mol. The van der Waals surface area contributed by atoms with Gasteiger partial charge in [-0.2, -0.15) is 0 Å². The SMILES string of the molecule is O=C1CC[C@H](NC(=O)[C@@H]2CCCN(Cc3ccccc3)C2)[C@H](c2ccccc2)N1. The van der Waals surface area contributed by atoms with Gasteiger partial charge in [-0.1, -0.05) is 60.7 Å². The van der Waals surface area contributed by atoms with E-state index in [4.69, 9.17) is 0 Å². The molecule has 0 bridgehead atoms. The molecule has 5 nitrogen and oxygen atoms in total. The van der Waals surface area contributed by atoms with Gasteiger partial charge in [-0.15, -0.1) is 0 Å². The highest BCUT2D eigenvalue weighted by Crippen LogP contribution is 2.25. The molecule has 2 heterocycles. The van der Waals surface area contributed by atoms with Crippen LogP contribution in [0.1, 0.15) is 42.9 Å². The molecule has 2 aliphatic heterocycles. The molecule has 0 saturated carbocycles. The minimum Gasteiger partial charge on any atom is -0.351 e. The maximum Gasteiger partial charge on any atom is 0.224 e. The average Bonchev–Trinajstić information content (AvgIpc) is 2.76. The molecule has 152 valence electrons. The van der Waals surface area contributed by atoms with Crippen molar-refractivity contribution in [1.29, 1.82) is 0 Å². The van der Waals surface area contributed by atoms with E-state index >= 15 is 0 Å². The van der Waals surface area contributed by atoms with E-state index in [0.29, 0.717) is 12.8 Å². The van der Waals surface area contributed by atoms with Crippen molar-refractivity contribution in [2.45, 2.75) is 44.3 Å². The third kappa shape index (κ3) is 5.04. The quantitative estimate of drug-likeness (QED) is 0.824. The highest BCUT2D eigenvalue weighted by molar-refractivity contribution is 5.81. The molecule has 0 aliphatic carbocycles. The van der Waals surface area contributed by atoms with Crippen LogP contribution >= 0.6 is 0 Å². The van der Waals surface area contributed by atoms with E-state index < -0.39 is 0 Å². The van der Waals surface area contributed by atoms with E-state index in [2.05, 4.69) is 39.8 Å². The molecule has 3 atom stereocenters. The summed E-state index contributed by atoms with van der Waals surface area (Å²) < 4.78 is 0. The van der Waals surface area contributed by atoms with Crippen molar-refractivity contribution in [3.05, 3.63) is 71.8 Å². The number of nitrogens with zero attached hydrogens (tertiary/aromatic N) is 1. The van der Waals surface area contributed by atoms with E-state index in [1.165, 1.54) is 5.56 Å². The molecule has 2 aliphatic rings. The lowest BCUT2D eigenvalue weighted by molar-refractivity contribution is -0.130. The Kier molecular flexibility index (Phi) is 6.25. The number of amides is 2. The number of benzene rings is 2. The summed E-state index contributed by atoms with van der Waals surface area (Å²) in [5.41, 5.74) is 2.33. The van der Waals surface area contributed by atoms with Crippen molar-refractivity contribution in [2.75, 3.05) is 13.1 Å². The highest BCUT2D eigenvalue weighted by Gasteiger charge is 2.33. The zero-order chi connectivity index (χ0) is 20.1. The molecule has 2 N–H and O–H groups in total. The fourth-order valence-corrected chi connectivity index (χ4v) is 4.49. The van der Waals surface area contributed by atoms with Crippen molar-refractivity contribution in [1.82, 2.24) is 15.5 Å². The first kappa shape index (κ1) is 19.6. The highest BCUT2D eigenvalue weighted by atomic mass is 16.2. The third-order valence-corrected chi connectivity index (χ3v) is 6.01. The summed E-state index contributed by atoms with van der Waals surface area (Å²) in [5, 5.41) is 6.33. The Hall–Kier alpha value is -2.66. The summed E-state index contributed by atoms with van der Waals surface area (Å²) in [6.07, 6.45) is 3.09. The molecule has 2 aromatic carbocycles. The largest absolute Gasteiger partial charge is 0.351 e. The molecule has 0 radical (unpaired) electrons. The Morgan fingerprint density at radius 3 is 2.52 bits per heavy atom. The lowest BCUT2D eigenvalue weighted by Gasteiger charge is -2.36. The standard InChI is InChI=1S/C24H29N3O2/c28-22-14-13-21(23(26-22)19-10-5-2-6-11-19)25-24(29)20-12-7-15-27(17-20)16-18-8-3-1-4-9-18/h1-6,8-11,20-21,23H,7,12-17H2,(H,25,29)(H,26,28)/t20-,21+,23+/m1/s1. The summed E-state index contributed by atoms with van der Waals surface area (Å²) in [7, 11) is 0. The molecule has 5 heteroatoms. The first-order valence-electron chi connectivity index (χ1n) is 10.6. The van der Waals surface area contributed by atoms with Crippen LogP contribution in [-0.2, 0) is 16.1 Å². The zero-order valence-electron chi connectivity index (χ0n) is 16.7. The van der Waals surface area contributed by atoms with Crippen LogP contribution in [0, 0.1) is 5.92 Å². The number of hydrogen-bond acceptors (Lipinski definition) is 3. The van der Waals surface area contributed by atoms with Crippen LogP contribution in [0.15, 0.2) is 60.7 Å². The van der Waals surface area contributed by atoms with Crippen LogP contribution < -0.4 is 10.6 Å². The Balaban J connectivity index is 1.39. The lowest BCUT2D eigenvalue weighted by atomic mass is 9.90. The summed E-state index contributed by atoms with van der Waals surface area (Å²) >= 11 is 0. The maximum atomic E-state index is 13.1. The molecule has 0 spiro atoms. The van der Waals surface area contributed by atoms with Crippen molar-refractivity contribution in [3.8, 4) is 0 Å². The number of carbonyl (C=O) groups is 2. The fourth-order valence-electron chi connectivity index (χ4n) is 4.49. The molecule has 2 saturated heterocycles. The number of likely N-dealkylation sites (tertiary alicyclic amines) is 1. The fraction of sp³-hybridized carbons (Fsp3) is 0.417. The van der Waals surface area contributed by atoms with Gasteiger partial charge in [-0.3, -0.25) is 14.5 Å². The minimum atomic E-state index is -0.162. The third-order valence-electron chi connectivity index (χ3n) is 6.01. The summed E-state index contributed by atoms with van der Waals surface area (Å²) in [5.74, 6) is 0.169. The van der Waals surface area contributed by atoms with Gasteiger partial charge in [0.25, 0.3) is 0 Å². The normalized spacial score (nSPS) is 25.2. The molecular formula is C24H29N3O2. The Morgan fingerprint density at radius 2 is 1.76 bits per heavy atom. The summed E-state index contributed by atoms with van der Waals surface area (Å²) in [6.45, 7) is 2.71. The topological polar surface area (TPSA) is 61.4 Å². The van der Waals surface area contributed by atoms with E-state index in [0.717, 1.165) is 38.0 Å². The molecule has 0 aromatic heterocycles. The molecule has 2 aromatic rings. The first-order chi connectivity index (χ1) is 14.2. The van der Waals surface area contributed by atoms with Gasteiger partial charge in [0, 0.05) is 19.5 Å². The molecular weight excluding hydrogens is 362 g/mol. The van der Waals surface area contributed by atoms with Crippen LogP contribution in [0.4, 0.5) is 0 Å². The Labute approximate surface area is 172 Å². The van der Waals surface area contributed by atoms with Gasteiger partial charge in [-0.05, 0) is 36.9 Å². The van der Waals surface area contributed by atoms with Gasteiger partial charge < -0.3 is 10.6 Å². The number of nitrogens with one attached hydrogen (secondary N) is 2. The predicted molar refractivity (Wildman–Crippen MR) is 113 cm³/mol. The summed E-state index contributed by atoms with van der Waals surface area (Å²) in [4.78, 5) is 27.4. The molecule has 2 amide bonds. The molecule has 29 heavy (non-hydrogen) atoms. The minimum absolute atomic E-state index is 0.00140. The smallest absolute Gasteiger partial charge is 0.224 e. The molecule has 2 fully saturated rings. The summed E-state index contributed by atoms with van der Waals surface area (Å²) in [6, 6.07) is 20.1. The maximum absolute atomic E-state index is 13.1. The number of carbonyl (C=O) groups excluding carboxylic acids is 2. The van der Waals surface area contributed by atoms with Crippen LogP contribution in [0.2, 0.25) is 0 Å². The number of piperidine rings is 2. The van der Waals surface area contributed by atoms with Gasteiger partial charge >= 0.3 is 0 Å². The van der Waals surface area contributed by atoms with Crippen LogP contribution in [0.25, 0.3) is 0 Å². The van der Waals surface area contributed by atoms with Crippen molar-refractivity contribution in [2.24, 2.45) is 5.92 Å². The monoisotopic (exact) mass is 391 g/mol. The Morgan fingerprint density at radius 1 is 1.03 bits per heavy atom. The van der Waals surface area contributed by atoms with E-state index in [1.807, 2.05) is 36.4 Å². The predicted octanol–water partition coefficient (Wildman–Crippen LogP) is 3.03. The van der Waals surface area contributed by atoms with E-state index in [-0.39, 0.29) is 29.8 Å². The first-order valence-corrected chi connectivity index (χ1v) is 10.6. The van der Waals surface area contributed by atoms with Gasteiger partial charge in [0.1, 0.15) is 0 Å². The van der Waals surface area contributed by atoms with Gasteiger partial charge in [-0.25, -0.2) is 0 Å². The van der Waals surface area contributed by atoms with Crippen LogP contribution in [0.5, 0.6) is 0 Å². The van der Waals surface area contributed by atoms with E-state index in [1.54, 1.807) is 0 Å². The van der Waals surface area contributed by atoms with Gasteiger partial charge in [0.15, 0.2) is 0 Å². The van der Waals surface area contributed by atoms with Gasteiger partial charge in [0.2, 0.25) is 11.8 Å². The molecule has 0 unspecified atom stereocenters. The number of rotatable bonds is 5. The van der Waals surface area contributed by atoms with Crippen molar-refractivity contribution >= 4 is 11.8 Å². The second kappa shape index (κ2) is 9.23. The van der Waals surface area contributed by atoms with Crippen molar-refractivity contribution < 1.29 is 9.59 Å². The second-order valence-electron chi connectivity index (χ2n) is 8.17. The van der Waals surface area contributed by atoms with Crippen LogP contribution in [-0.4, -0.2) is 35.8 Å².